The third kappa shape index (κ3) is 2.97. The van der Waals surface area contributed by atoms with Gasteiger partial charge in [-0.3, -0.25) is 4.99 Å². The molecule has 1 aliphatic heterocycles. The number of aliphatic imine (C=N–C) groups is 1. The summed E-state index contributed by atoms with van der Waals surface area (Å²) >= 11 is 0. The van der Waals surface area contributed by atoms with Crippen molar-refractivity contribution in [1.29, 1.82) is 0 Å². The summed E-state index contributed by atoms with van der Waals surface area (Å²) in [4.78, 5) is 4.65. The van der Waals surface area contributed by atoms with E-state index in [0.29, 0.717) is 12.0 Å². The zero-order valence-corrected chi connectivity index (χ0v) is 10.3. The van der Waals surface area contributed by atoms with Crippen molar-refractivity contribution in [2.24, 2.45) is 16.6 Å². The molecule has 0 amide bonds. The van der Waals surface area contributed by atoms with Crippen molar-refractivity contribution >= 4 is 5.84 Å². The molecule has 1 aliphatic carbocycles. The monoisotopic (exact) mass is 224 g/mol. The fourth-order valence-electron chi connectivity index (χ4n) is 2.81. The first-order valence-electron chi connectivity index (χ1n) is 6.72. The van der Waals surface area contributed by atoms with Gasteiger partial charge in [-0.15, -0.1) is 0 Å². The van der Waals surface area contributed by atoms with Crippen LogP contribution < -0.4 is 5.73 Å². The number of hydrogen-bond donors (Lipinski definition) is 1. The molecule has 0 aromatic heterocycles. The molecule has 92 valence electrons. The van der Waals surface area contributed by atoms with E-state index in [0.717, 1.165) is 18.9 Å². The highest BCUT2D eigenvalue weighted by atomic mass is 16.5. The summed E-state index contributed by atoms with van der Waals surface area (Å²) in [7, 11) is 0. The van der Waals surface area contributed by atoms with E-state index in [1.54, 1.807) is 0 Å². The van der Waals surface area contributed by atoms with E-state index in [1.165, 1.54) is 38.5 Å². The fraction of sp³-hybridized carbons (Fsp3) is 0.923. The van der Waals surface area contributed by atoms with Gasteiger partial charge in [0.15, 0.2) is 0 Å². The lowest BCUT2D eigenvalue weighted by atomic mass is 9.88. The van der Waals surface area contributed by atoms with Crippen LogP contribution in [0.3, 0.4) is 0 Å². The lowest BCUT2D eigenvalue weighted by Gasteiger charge is -2.23. The molecular weight excluding hydrogens is 200 g/mol. The molecule has 0 radical (unpaired) electrons. The average molecular weight is 224 g/mol. The Morgan fingerprint density at radius 3 is 2.56 bits per heavy atom. The van der Waals surface area contributed by atoms with Gasteiger partial charge in [0.2, 0.25) is 0 Å². The number of amidine groups is 1. The third-order valence-electron chi connectivity index (χ3n) is 3.88. The predicted molar refractivity (Wildman–Crippen MR) is 66.6 cm³/mol. The zero-order chi connectivity index (χ0) is 11.4. The van der Waals surface area contributed by atoms with Crippen molar-refractivity contribution < 1.29 is 4.74 Å². The molecular formula is C13H24N2O. The van der Waals surface area contributed by atoms with Crippen LogP contribution in [0.5, 0.6) is 0 Å². The Labute approximate surface area is 98.5 Å². The molecule has 3 nitrogen and oxygen atoms in total. The molecule has 2 rings (SSSR count). The molecule has 3 heteroatoms. The van der Waals surface area contributed by atoms with E-state index < -0.39 is 0 Å². The summed E-state index contributed by atoms with van der Waals surface area (Å²) < 4.78 is 5.64. The Balaban J connectivity index is 1.88. The largest absolute Gasteiger partial charge is 0.387 e. The number of nitrogens with two attached hydrogens (primary N) is 1. The molecule has 16 heavy (non-hydrogen) atoms. The Morgan fingerprint density at radius 1 is 1.19 bits per heavy atom. The molecule has 2 fully saturated rings. The topological polar surface area (TPSA) is 47.6 Å². The van der Waals surface area contributed by atoms with Crippen LogP contribution in [0.2, 0.25) is 0 Å². The minimum Gasteiger partial charge on any atom is -0.387 e. The lowest BCUT2D eigenvalue weighted by Crippen LogP contribution is -2.30. The van der Waals surface area contributed by atoms with Crippen molar-refractivity contribution in [3.05, 3.63) is 0 Å². The Kier molecular flexibility index (Phi) is 4.22. The Morgan fingerprint density at radius 2 is 1.94 bits per heavy atom. The maximum Gasteiger partial charge on any atom is 0.0972 e. The van der Waals surface area contributed by atoms with Crippen molar-refractivity contribution in [2.45, 2.75) is 64.0 Å². The second-order valence-electron chi connectivity index (χ2n) is 5.18. The van der Waals surface area contributed by atoms with Crippen LogP contribution in [-0.2, 0) is 4.74 Å². The minimum absolute atomic E-state index is 0.240. The first kappa shape index (κ1) is 11.9. The molecule has 2 atom stereocenters. The van der Waals surface area contributed by atoms with Gasteiger partial charge in [-0.25, -0.2) is 0 Å². The molecule has 0 spiro atoms. The van der Waals surface area contributed by atoms with Crippen LogP contribution in [0.15, 0.2) is 4.99 Å². The van der Waals surface area contributed by atoms with Gasteiger partial charge in [0, 0.05) is 12.5 Å². The molecule has 1 saturated carbocycles. The fourth-order valence-corrected chi connectivity index (χ4v) is 2.81. The van der Waals surface area contributed by atoms with Gasteiger partial charge in [0.05, 0.1) is 18.0 Å². The number of hydrogen-bond acceptors (Lipinski definition) is 2. The average Bonchev–Trinajstić information content (AvgIpc) is 2.83. The second-order valence-corrected chi connectivity index (χ2v) is 5.18. The van der Waals surface area contributed by atoms with E-state index in [2.05, 4.69) is 11.9 Å². The molecule has 1 saturated heterocycles. The highest BCUT2D eigenvalue weighted by molar-refractivity contribution is 5.83. The van der Waals surface area contributed by atoms with Crippen LogP contribution in [0.4, 0.5) is 0 Å². The Bertz CT molecular complexity index is 240. The third-order valence-corrected chi connectivity index (χ3v) is 3.88. The van der Waals surface area contributed by atoms with Crippen LogP contribution >= 0.6 is 0 Å². The maximum absolute atomic E-state index is 6.11. The summed E-state index contributed by atoms with van der Waals surface area (Å²) in [6, 6.07) is 0.240. The Hall–Kier alpha value is -0.570. The van der Waals surface area contributed by atoms with Gasteiger partial charge in [0.1, 0.15) is 0 Å². The molecule has 2 unspecified atom stereocenters. The van der Waals surface area contributed by atoms with Gasteiger partial charge in [-0.05, 0) is 32.6 Å². The molecule has 1 heterocycles. The summed E-state index contributed by atoms with van der Waals surface area (Å²) in [5, 5.41) is 0. The molecule has 0 bridgehead atoms. The highest BCUT2D eigenvalue weighted by Crippen LogP contribution is 2.25. The summed E-state index contributed by atoms with van der Waals surface area (Å²) in [6.07, 6.45) is 9.08. The standard InChI is InChI=1S/C13H24N2O/c1-10(12-8-5-9-16-12)15-13(14)11-6-3-2-4-7-11/h10-12H,2-9H2,1H3,(H2,14,15). The van der Waals surface area contributed by atoms with E-state index in [-0.39, 0.29) is 6.04 Å². The second kappa shape index (κ2) is 5.67. The van der Waals surface area contributed by atoms with Gasteiger partial charge in [-0.2, -0.15) is 0 Å². The van der Waals surface area contributed by atoms with Crippen molar-refractivity contribution in [3.8, 4) is 0 Å². The number of rotatable bonds is 3. The van der Waals surface area contributed by atoms with Crippen LogP contribution in [0.25, 0.3) is 0 Å². The van der Waals surface area contributed by atoms with Gasteiger partial charge in [0.25, 0.3) is 0 Å². The maximum atomic E-state index is 6.11. The van der Waals surface area contributed by atoms with Crippen LogP contribution in [0, 0.1) is 5.92 Å². The molecule has 0 aromatic carbocycles. The molecule has 2 aliphatic rings. The van der Waals surface area contributed by atoms with Crippen molar-refractivity contribution in [3.63, 3.8) is 0 Å². The molecule has 2 N–H and O–H groups in total. The van der Waals surface area contributed by atoms with E-state index in [1.807, 2.05) is 0 Å². The van der Waals surface area contributed by atoms with Gasteiger partial charge in [-0.1, -0.05) is 19.3 Å². The molecule has 0 aromatic rings. The van der Waals surface area contributed by atoms with Crippen molar-refractivity contribution in [2.75, 3.05) is 6.61 Å². The van der Waals surface area contributed by atoms with E-state index in [4.69, 9.17) is 10.5 Å². The van der Waals surface area contributed by atoms with E-state index >= 15 is 0 Å². The summed E-state index contributed by atoms with van der Waals surface area (Å²) in [5.74, 6) is 1.42. The van der Waals surface area contributed by atoms with Gasteiger partial charge >= 0.3 is 0 Å². The van der Waals surface area contributed by atoms with Crippen LogP contribution in [-0.4, -0.2) is 24.6 Å². The normalized spacial score (nSPS) is 30.6. The highest BCUT2D eigenvalue weighted by Gasteiger charge is 2.23. The van der Waals surface area contributed by atoms with Gasteiger partial charge < -0.3 is 10.5 Å². The quantitative estimate of drug-likeness (QED) is 0.591. The number of ether oxygens (including phenoxy) is 1. The van der Waals surface area contributed by atoms with Crippen molar-refractivity contribution in [1.82, 2.24) is 0 Å². The first-order chi connectivity index (χ1) is 7.77. The first-order valence-corrected chi connectivity index (χ1v) is 6.72. The zero-order valence-electron chi connectivity index (χ0n) is 10.3. The summed E-state index contributed by atoms with van der Waals surface area (Å²) in [6.45, 7) is 3.03. The summed E-state index contributed by atoms with van der Waals surface area (Å²) in [5.41, 5.74) is 6.11. The minimum atomic E-state index is 0.240. The number of nitrogens with zero attached hydrogens (tertiary/aromatic N) is 1. The predicted octanol–water partition coefficient (Wildman–Crippen LogP) is 2.49. The smallest absolute Gasteiger partial charge is 0.0972 e. The van der Waals surface area contributed by atoms with E-state index in [9.17, 15) is 0 Å². The lowest BCUT2D eigenvalue weighted by molar-refractivity contribution is 0.0951. The van der Waals surface area contributed by atoms with Crippen LogP contribution in [0.1, 0.15) is 51.9 Å². The SMILES string of the molecule is CC(N=C(N)C1CCCCC1)C1CCCO1.